The Kier molecular flexibility index (Phi) is 5.45. The summed E-state index contributed by atoms with van der Waals surface area (Å²) in [6.07, 6.45) is 0. The van der Waals surface area contributed by atoms with E-state index in [0.717, 1.165) is 22.3 Å². The maximum Gasteiger partial charge on any atom is 0.236 e. The predicted molar refractivity (Wildman–Crippen MR) is 81.2 cm³/mol. The van der Waals surface area contributed by atoms with Crippen molar-refractivity contribution in [1.82, 2.24) is 9.80 Å². The van der Waals surface area contributed by atoms with Crippen molar-refractivity contribution in [3.63, 3.8) is 0 Å². The van der Waals surface area contributed by atoms with Crippen LogP contribution in [0.15, 0.2) is 12.1 Å². The Balaban J connectivity index is 2.80. The summed E-state index contributed by atoms with van der Waals surface area (Å²) in [6.45, 7) is 6.44. The lowest BCUT2D eigenvalue weighted by Crippen LogP contribution is -2.37. The fraction of sp³-hybridized carbons (Fsp3) is 0.500. The van der Waals surface area contributed by atoms with Crippen LogP contribution in [-0.4, -0.2) is 55.7 Å². The normalized spacial score (nSPS) is 10.8. The molecule has 0 radical (unpaired) electrons. The summed E-state index contributed by atoms with van der Waals surface area (Å²) >= 11 is 0. The van der Waals surface area contributed by atoms with Crippen molar-refractivity contribution >= 4 is 11.7 Å². The quantitative estimate of drug-likeness (QED) is 0.770. The maximum absolute atomic E-state index is 12.4. The van der Waals surface area contributed by atoms with Gasteiger partial charge in [0, 0.05) is 19.7 Å². The second-order valence-electron chi connectivity index (χ2n) is 5.66. The number of benzene rings is 1. The number of carbonyl (C=O) groups is 2. The number of likely N-dealkylation sites (N-methyl/N-ethyl adjacent to an activating group) is 2. The predicted octanol–water partition coefficient (Wildman–Crippen LogP) is 1.81. The highest BCUT2D eigenvalue weighted by Gasteiger charge is 2.16. The number of Topliss-reactive ketones (excluding diaryl/α,β-unsaturated/α-hetero) is 1. The van der Waals surface area contributed by atoms with Gasteiger partial charge < -0.3 is 4.90 Å². The molecule has 0 heterocycles. The molecule has 0 spiro atoms. The third kappa shape index (κ3) is 4.17. The zero-order chi connectivity index (χ0) is 15.4. The van der Waals surface area contributed by atoms with E-state index in [-0.39, 0.29) is 24.8 Å². The molecule has 1 aromatic carbocycles. The molecule has 4 heteroatoms. The lowest BCUT2D eigenvalue weighted by molar-refractivity contribution is -0.129. The van der Waals surface area contributed by atoms with Gasteiger partial charge in [0.05, 0.1) is 13.1 Å². The first kappa shape index (κ1) is 16.4. The van der Waals surface area contributed by atoms with Crippen LogP contribution in [0, 0.1) is 20.8 Å². The average Bonchev–Trinajstić information content (AvgIpc) is 2.26. The summed E-state index contributed by atoms with van der Waals surface area (Å²) in [6, 6.07) is 4.04. The van der Waals surface area contributed by atoms with Crippen LogP contribution in [0.25, 0.3) is 0 Å². The van der Waals surface area contributed by atoms with E-state index in [0.29, 0.717) is 0 Å². The molecule has 0 unspecified atom stereocenters. The Bertz CT molecular complexity index is 498. The number of amides is 1. The van der Waals surface area contributed by atoms with Gasteiger partial charge in [0.1, 0.15) is 0 Å². The Morgan fingerprint density at radius 2 is 1.45 bits per heavy atom. The second-order valence-corrected chi connectivity index (χ2v) is 5.66. The zero-order valence-corrected chi connectivity index (χ0v) is 13.3. The van der Waals surface area contributed by atoms with E-state index >= 15 is 0 Å². The second kappa shape index (κ2) is 6.66. The molecular formula is C16H24N2O2. The van der Waals surface area contributed by atoms with Crippen LogP contribution >= 0.6 is 0 Å². The van der Waals surface area contributed by atoms with Crippen molar-refractivity contribution in [2.45, 2.75) is 20.8 Å². The minimum atomic E-state index is -0.00218. The molecule has 0 fully saturated rings. The van der Waals surface area contributed by atoms with Crippen LogP contribution in [0.5, 0.6) is 0 Å². The summed E-state index contributed by atoms with van der Waals surface area (Å²) in [5.74, 6) is 0.0618. The van der Waals surface area contributed by atoms with Crippen molar-refractivity contribution < 1.29 is 9.59 Å². The first-order valence-electron chi connectivity index (χ1n) is 6.72. The summed E-state index contributed by atoms with van der Waals surface area (Å²) in [5, 5.41) is 0. The maximum atomic E-state index is 12.4. The van der Waals surface area contributed by atoms with Crippen molar-refractivity contribution in [3.8, 4) is 0 Å². The highest BCUT2D eigenvalue weighted by molar-refractivity contribution is 6.00. The molecule has 0 atom stereocenters. The monoisotopic (exact) mass is 276 g/mol. The minimum Gasteiger partial charge on any atom is -0.348 e. The molecule has 0 bridgehead atoms. The molecule has 0 aliphatic carbocycles. The van der Waals surface area contributed by atoms with Crippen molar-refractivity contribution in [2.24, 2.45) is 0 Å². The Morgan fingerprint density at radius 1 is 0.950 bits per heavy atom. The molecule has 0 saturated carbocycles. The number of rotatable bonds is 5. The minimum absolute atomic E-state index is 0.00218. The fourth-order valence-corrected chi connectivity index (χ4v) is 2.37. The van der Waals surface area contributed by atoms with E-state index in [4.69, 9.17) is 0 Å². The van der Waals surface area contributed by atoms with Gasteiger partial charge in [-0.2, -0.15) is 0 Å². The van der Waals surface area contributed by atoms with E-state index in [1.165, 1.54) is 4.90 Å². The molecule has 1 rings (SSSR count). The number of hydrogen-bond donors (Lipinski definition) is 0. The van der Waals surface area contributed by atoms with Gasteiger partial charge in [0.15, 0.2) is 5.78 Å². The fourth-order valence-electron chi connectivity index (χ4n) is 2.37. The largest absolute Gasteiger partial charge is 0.348 e. The molecular weight excluding hydrogens is 252 g/mol. The SMILES string of the molecule is Cc1cc(C)c(C(=O)CN(C)CC(=O)N(C)C)c(C)c1. The van der Waals surface area contributed by atoms with Crippen molar-refractivity contribution in [2.75, 3.05) is 34.2 Å². The van der Waals surface area contributed by atoms with Gasteiger partial charge in [-0.15, -0.1) is 0 Å². The highest BCUT2D eigenvalue weighted by atomic mass is 16.2. The summed E-state index contributed by atoms with van der Waals surface area (Å²) in [5.41, 5.74) is 3.94. The third-order valence-electron chi connectivity index (χ3n) is 3.27. The molecule has 1 amide bonds. The van der Waals surface area contributed by atoms with Gasteiger partial charge in [-0.1, -0.05) is 17.7 Å². The zero-order valence-electron chi connectivity index (χ0n) is 13.3. The van der Waals surface area contributed by atoms with E-state index in [9.17, 15) is 9.59 Å². The highest BCUT2D eigenvalue weighted by Crippen LogP contribution is 2.17. The van der Waals surface area contributed by atoms with Crippen LogP contribution in [0.2, 0.25) is 0 Å². The smallest absolute Gasteiger partial charge is 0.236 e. The van der Waals surface area contributed by atoms with E-state index in [2.05, 4.69) is 0 Å². The number of aryl methyl sites for hydroxylation is 3. The number of ketones is 1. The molecule has 0 saturated heterocycles. The van der Waals surface area contributed by atoms with E-state index in [1.54, 1.807) is 26.0 Å². The Morgan fingerprint density at radius 3 is 1.90 bits per heavy atom. The summed E-state index contributed by atoms with van der Waals surface area (Å²) < 4.78 is 0. The number of hydrogen-bond acceptors (Lipinski definition) is 3. The molecule has 110 valence electrons. The van der Waals surface area contributed by atoms with E-state index in [1.807, 2.05) is 32.9 Å². The topological polar surface area (TPSA) is 40.6 Å². The van der Waals surface area contributed by atoms with Gasteiger partial charge in [0.2, 0.25) is 5.91 Å². The Hall–Kier alpha value is -1.68. The number of carbonyl (C=O) groups excluding carboxylic acids is 2. The van der Waals surface area contributed by atoms with Gasteiger partial charge >= 0.3 is 0 Å². The van der Waals surface area contributed by atoms with Gasteiger partial charge in [-0.05, 0) is 38.9 Å². The molecule has 1 aromatic rings. The van der Waals surface area contributed by atoms with Crippen LogP contribution in [-0.2, 0) is 4.79 Å². The van der Waals surface area contributed by atoms with Crippen molar-refractivity contribution in [3.05, 3.63) is 34.4 Å². The molecule has 0 aromatic heterocycles. The molecule has 4 nitrogen and oxygen atoms in total. The first-order chi connectivity index (χ1) is 9.22. The lowest BCUT2D eigenvalue weighted by atomic mass is 9.96. The molecule has 0 N–H and O–H groups in total. The van der Waals surface area contributed by atoms with Crippen molar-refractivity contribution in [1.29, 1.82) is 0 Å². The lowest BCUT2D eigenvalue weighted by Gasteiger charge is -2.19. The van der Waals surface area contributed by atoms with Crippen LogP contribution in [0.1, 0.15) is 27.0 Å². The molecule has 0 aliphatic rings. The Labute approximate surface area is 121 Å². The van der Waals surface area contributed by atoms with Gasteiger partial charge in [-0.3, -0.25) is 14.5 Å². The first-order valence-corrected chi connectivity index (χ1v) is 6.72. The molecule has 0 aliphatic heterocycles. The van der Waals surface area contributed by atoms with Crippen LogP contribution in [0.4, 0.5) is 0 Å². The van der Waals surface area contributed by atoms with E-state index < -0.39 is 0 Å². The van der Waals surface area contributed by atoms with Gasteiger partial charge in [-0.25, -0.2) is 0 Å². The summed E-state index contributed by atoms with van der Waals surface area (Å²) in [7, 11) is 5.22. The number of nitrogens with zero attached hydrogens (tertiary/aromatic N) is 2. The standard InChI is InChI=1S/C16H24N2O2/c1-11-7-12(2)16(13(3)8-11)14(19)9-18(6)10-15(20)17(4)5/h7-8H,9-10H2,1-6H3. The summed E-state index contributed by atoms with van der Waals surface area (Å²) in [4.78, 5) is 27.3. The van der Waals surface area contributed by atoms with Crippen LogP contribution in [0.3, 0.4) is 0 Å². The third-order valence-corrected chi connectivity index (χ3v) is 3.27. The molecule has 20 heavy (non-hydrogen) atoms. The van der Waals surface area contributed by atoms with Crippen LogP contribution < -0.4 is 0 Å². The van der Waals surface area contributed by atoms with Gasteiger partial charge in [0.25, 0.3) is 0 Å². The average molecular weight is 276 g/mol.